The van der Waals surface area contributed by atoms with Gasteiger partial charge >= 0.3 is 0 Å². The second-order valence-electron chi connectivity index (χ2n) is 6.69. The number of rotatable bonds is 3. The molecule has 0 saturated carbocycles. The number of carbonyl (C=O) groups is 1. The minimum Gasteiger partial charge on any atom is -0.362 e. The number of aryl methyl sites for hydroxylation is 2. The summed E-state index contributed by atoms with van der Waals surface area (Å²) in [7, 11) is 3.82. The Morgan fingerprint density at radius 1 is 1.33 bits per heavy atom. The van der Waals surface area contributed by atoms with Crippen molar-refractivity contribution >= 4 is 11.7 Å². The summed E-state index contributed by atoms with van der Waals surface area (Å²) in [4.78, 5) is 21.2. The van der Waals surface area contributed by atoms with Crippen LogP contribution in [-0.4, -0.2) is 52.8 Å². The fraction of sp³-hybridized carbons (Fsp3) is 0.500. The predicted molar refractivity (Wildman–Crippen MR) is 94.4 cm³/mol. The number of piperidine rings is 1. The summed E-state index contributed by atoms with van der Waals surface area (Å²) in [6.07, 6.45) is 3.77. The first-order valence-corrected chi connectivity index (χ1v) is 8.41. The molecule has 0 aliphatic carbocycles. The average Bonchev–Trinajstić information content (AvgIpc) is 2.92. The van der Waals surface area contributed by atoms with Gasteiger partial charge in [-0.2, -0.15) is 5.10 Å². The SMILES string of the molecule is Cc1cc(C)n([C@H]2CCCN(C(=O)c3cccnc3N(C)C)C2)n1. The molecule has 0 radical (unpaired) electrons. The van der Waals surface area contributed by atoms with E-state index in [1.807, 2.05) is 43.0 Å². The van der Waals surface area contributed by atoms with Crippen LogP contribution in [0.1, 0.15) is 40.6 Å². The van der Waals surface area contributed by atoms with Gasteiger partial charge in [0.15, 0.2) is 0 Å². The van der Waals surface area contributed by atoms with Gasteiger partial charge in [-0.1, -0.05) is 0 Å². The molecule has 0 spiro atoms. The van der Waals surface area contributed by atoms with Gasteiger partial charge in [0.05, 0.1) is 17.3 Å². The maximum Gasteiger partial charge on any atom is 0.257 e. The third-order valence-electron chi connectivity index (χ3n) is 4.51. The van der Waals surface area contributed by atoms with Gasteiger partial charge in [0.1, 0.15) is 5.82 Å². The van der Waals surface area contributed by atoms with Gasteiger partial charge in [-0.15, -0.1) is 0 Å². The number of anilines is 1. The van der Waals surface area contributed by atoms with Crippen molar-refractivity contribution in [3.05, 3.63) is 41.3 Å². The Labute approximate surface area is 143 Å². The number of hydrogen-bond acceptors (Lipinski definition) is 4. The van der Waals surface area contributed by atoms with Crippen molar-refractivity contribution in [3.8, 4) is 0 Å². The van der Waals surface area contributed by atoms with E-state index in [4.69, 9.17) is 0 Å². The Balaban J connectivity index is 1.82. The summed E-state index contributed by atoms with van der Waals surface area (Å²) in [5.74, 6) is 0.772. The van der Waals surface area contributed by atoms with Gasteiger partial charge in [-0.25, -0.2) is 4.98 Å². The highest BCUT2D eigenvalue weighted by Crippen LogP contribution is 2.25. The third kappa shape index (κ3) is 3.13. The Kier molecular flexibility index (Phi) is 4.55. The van der Waals surface area contributed by atoms with E-state index in [-0.39, 0.29) is 11.9 Å². The smallest absolute Gasteiger partial charge is 0.257 e. The van der Waals surface area contributed by atoms with Crippen molar-refractivity contribution < 1.29 is 4.79 Å². The van der Waals surface area contributed by atoms with Crippen LogP contribution >= 0.6 is 0 Å². The molecule has 6 heteroatoms. The molecular formula is C18H25N5O. The van der Waals surface area contributed by atoms with Gasteiger partial charge in [0.2, 0.25) is 0 Å². The van der Waals surface area contributed by atoms with Crippen LogP contribution in [0.25, 0.3) is 0 Å². The molecule has 2 aromatic heterocycles. The van der Waals surface area contributed by atoms with E-state index in [0.29, 0.717) is 12.1 Å². The lowest BCUT2D eigenvalue weighted by Crippen LogP contribution is -2.41. The largest absolute Gasteiger partial charge is 0.362 e. The monoisotopic (exact) mass is 327 g/mol. The van der Waals surface area contributed by atoms with Crippen molar-refractivity contribution in [1.29, 1.82) is 0 Å². The lowest BCUT2D eigenvalue weighted by molar-refractivity contribution is 0.0672. The van der Waals surface area contributed by atoms with E-state index < -0.39 is 0 Å². The molecule has 1 aliphatic heterocycles. The predicted octanol–water partition coefficient (Wildman–Crippen LogP) is 2.44. The first-order chi connectivity index (χ1) is 11.5. The molecule has 0 bridgehead atoms. The quantitative estimate of drug-likeness (QED) is 0.869. The number of aromatic nitrogens is 3. The number of amides is 1. The first kappa shape index (κ1) is 16.5. The molecule has 3 rings (SSSR count). The minimum atomic E-state index is 0.0537. The number of likely N-dealkylation sites (tertiary alicyclic amines) is 1. The average molecular weight is 327 g/mol. The molecule has 128 valence electrons. The molecule has 2 aromatic rings. The highest BCUT2D eigenvalue weighted by molar-refractivity contribution is 5.98. The van der Waals surface area contributed by atoms with E-state index in [1.54, 1.807) is 6.20 Å². The Morgan fingerprint density at radius 2 is 2.12 bits per heavy atom. The Morgan fingerprint density at radius 3 is 2.79 bits per heavy atom. The van der Waals surface area contributed by atoms with Crippen molar-refractivity contribution in [2.75, 3.05) is 32.1 Å². The van der Waals surface area contributed by atoms with Gasteiger partial charge < -0.3 is 9.80 Å². The van der Waals surface area contributed by atoms with Crippen LogP contribution in [0.2, 0.25) is 0 Å². The van der Waals surface area contributed by atoms with Crippen LogP contribution in [0.3, 0.4) is 0 Å². The van der Waals surface area contributed by atoms with Crippen LogP contribution in [0.5, 0.6) is 0 Å². The van der Waals surface area contributed by atoms with Crippen LogP contribution in [0, 0.1) is 13.8 Å². The second kappa shape index (κ2) is 6.63. The number of carbonyl (C=O) groups excluding carboxylic acids is 1. The number of hydrogen-bond donors (Lipinski definition) is 0. The zero-order valence-corrected chi connectivity index (χ0v) is 14.9. The maximum absolute atomic E-state index is 13.0. The lowest BCUT2D eigenvalue weighted by atomic mass is 10.0. The fourth-order valence-corrected chi connectivity index (χ4v) is 3.45. The van der Waals surface area contributed by atoms with Gasteiger partial charge in [0, 0.05) is 39.1 Å². The standard InChI is InChI=1S/C18H25N5O/c1-13-11-14(2)23(20-13)15-7-6-10-22(12-15)18(24)16-8-5-9-19-17(16)21(3)4/h5,8-9,11,15H,6-7,10,12H2,1-4H3/t15-/m0/s1. The summed E-state index contributed by atoms with van der Waals surface area (Å²) < 4.78 is 2.07. The molecule has 0 unspecified atom stereocenters. The van der Waals surface area contributed by atoms with E-state index in [2.05, 4.69) is 27.8 Å². The number of nitrogens with zero attached hydrogens (tertiary/aromatic N) is 5. The molecule has 6 nitrogen and oxygen atoms in total. The molecule has 24 heavy (non-hydrogen) atoms. The molecule has 1 aliphatic rings. The molecule has 0 aromatic carbocycles. The summed E-state index contributed by atoms with van der Waals surface area (Å²) >= 11 is 0. The summed E-state index contributed by atoms with van der Waals surface area (Å²) in [6.45, 7) is 5.57. The second-order valence-corrected chi connectivity index (χ2v) is 6.69. The topological polar surface area (TPSA) is 54.3 Å². The zero-order chi connectivity index (χ0) is 17.3. The van der Waals surface area contributed by atoms with Crippen molar-refractivity contribution in [2.24, 2.45) is 0 Å². The molecule has 1 saturated heterocycles. The van der Waals surface area contributed by atoms with Crippen LogP contribution in [-0.2, 0) is 0 Å². The Bertz CT molecular complexity index is 737. The van der Waals surface area contributed by atoms with Gasteiger partial charge in [-0.05, 0) is 44.9 Å². The van der Waals surface area contributed by atoms with Crippen LogP contribution < -0.4 is 4.90 Å². The van der Waals surface area contributed by atoms with Crippen molar-refractivity contribution in [2.45, 2.75) is 32.7 Å². The normalized spacial score (nSPS) is 17.8. The summed E-state index contributed by atoms with van der Waals surface area (Å²) in [5.41, 5.74) is 2.84. The first-order valence-electron chi connectivity index (χ1n) is 8.41. The molecule has 0 N–H and O–H groups in total. The van der Waals surface area contributed by atoms with E-state index in [9.17, 15) is 4.79 Å². The molecular weight excluding hydrogens is 302 g/mol. The van der Waals surface area contributed by atoms with Crippen molar-refractivity contribution in [1.82, 2.24) is 19.7 Å². The Hall–Kier alpha value is -2.37. The van der Waals surface area contributed by atoms with E-state index in [1.165, 1.54) is 0 Å². The summed E-state index contributed by atoms with van der Waals surface area (Å²) in [5, 5.41) is 4.60. The highest BCUT2D eigenvalue weighted by Gasteiger charge is 2.28. The molecule has 1 atom stereocenters. The number of pyridine rings is 1. The molecule has 1 fully saturated rings. The van der Waals surface area contributed by atoms with Crippen LogP contribution in [0.4, 0.5) is 5.82 Å². The van der Waals surface area contributed by atoms with E-state index in [0.717, 1.165) is 36.6 Å². The third-order valence-corrected chi connectivity index (χ3v) is 4.51. The lowest BCUT2D eigenvalue weighted by Gasteiger charge is -2.34. The van der Waals surface area contributed by atoms with Gasteiger partial charge in [-0.3, -0.25) is 9.48 Å². The van der Waals surface area contributed by atoms with Gasteiger partial charge in [0.25, 0.3) is 5.91 Å². The fourth-order valence-electron chi connectivity index (χ4n) is 3.45. The van der Waals surface area contributed by atoms with Crippen molar-refractivity contribution in [3.63, 3.8) is 0 Å². The summed E-state index contributed by atoms with van der Waals surface area (Å²) in [6, 6.07) is 6.02. The zero-order valence-electron chi connectivity index (χ0n) is 14.9. The maximum atomic E-state index is 13.0. The van der Waals surface area contributed by atoms with Crippen LogP contribution in [0.15, 0.2) is 24.4 Å². The minimum absolute atomic E-state index is 0.0537. The molecule has 3 heterocycles. The molecule has 1 amide bonds. The van der Waals surface area contributed by atoms with E-state index >= 15 is 0 Å². The highest BCUT2D eigenvalue weighted by atomic mass is 16.2.